The predicted molar refractivity (Wildman–Crippen MR) is 115 cm³/mol. The Hall–Kier alpha value is -3.15. The van der Waals surface area contributed by atoms with E-state index in [9.17, 15) is 4.79 Å². The highest BCUT2D eigenvalue weighted by atomic mass is 19.1. The SMILES string of the molecule is CN(C)/C=[N+]1/[B-](F)(c2cccc3ccccc23)OC(=O)[C@]1(C)Cc1ccccc1. The van der Waals surface area contributed by atoms with Crippen molar-refractivity contribution in [3.63, 3.8) is 0 Å². The van der Waals surface area contributed by atoms with Crippen LogP contribution in [0.2, 0.25) is 0 Å². The standard InChI is InChI=1S/C23H24BFN2O2/c1-23(16-18-10-5-4-6-11-18)22(28)29-24(25,27(23)17-26(2)3)21-15-9-13-19-12-7-8-14-20(19)21/h4-15,17H,16H2,1-3H3/b27-17+/t23-,24?/m0/s1. The number of fused-ring (bicyclic) bond motifs is 1. The molecule has 3 aromatic rings. The molecular formula is C23H24BFN2O2. The normalized spacial score (nSPS) is 25.4. The van der Waals surface area contributed by atoms with E-state index in [2.05, 4.69) is 0 Å². The second-order valence-corrected chi connectivity index (χ2v) is 8.04. The number of benzene rings is 3. The van der Waals surface area contributed by atoms with E-state index in [1.165, 1.54) is 4.49 Å². The molecule has 1 aliphatic heterocycles. The molecule has 1 unspecified atom stereocenters. The Balaban J connectivity index is 1.90. The fourth-order valence-electron chi connectivity index (χ4n) is 4.19. The molecule has 0 amide bonds. The summed E-state index contributed by atoms with van der Waals surface area (Å²) in [6.45, 7) is -1.51. The van der Waals surface area contributed by atoms with Crippen LogP contribution in [0.4, 0.5) is 4.32 Å². The number of hydrogen-bond donors (Lipinski definition) is 0. The molecule has 4 nitrogen and oxygen atoms in total. The molecule has 29 heavy (non-hydrogen) atoms. The smallest absolute Gasteiger partial charge is 0.568 e. The van der Waals surface area contributed by atoms with Gasteiger partial charge in [-0.25, -0.2) is 0 Å². The first-order valence-corrected chi connectivity index (χ1v) is 9.73. The van der Waals surface area contributed by atoms with Gasteiger partial charge in [-0.1, -0.05) is 78.3 Å². The van der Waals surface area contributed by atoms with E-state index in [1.807, 2.05) is 74.8 Å². The van der Waals surface area contributed by atoms with Crippen molar-refractivity contribution in [2.45, 2.75) is 18.9 Å². The van der Waals surface area contributed by atoms with Gasteiger partial charge in [-0.3, -0.25) is 9.69 Å². The maximum absolute atomic E-state index is 16.7. The van der Waals surface area contributed by atoms with E-state index >= 15 is 4.32 Å². The van der Waals surface area contributed by atoms with E-state index in [4.69, 9.17) is 4.65 Å². The number of halogens is 1. The van der Waals surface area contributed by atoms with Gasteiger partial charge in [0.25, 0.3) is 0 Å². The molecule has 148 valence electrons. The third-order valence-corrected chi connectivity index (χ3v) is 5.58. The van der Waals surface area contributed by atoms with Crippen LogP contribution in [0.15, 0.2) is 72.8 Å². The van der Waals surface area contributed by atoms with Gasteiger partial charge in [0, 0.05) is 6.42 Å². The Morgan fingerprint density at radius 1 is 1.03 bits per heavy atom. The molecule has 1 fully saturated rings. The Morgan fingerprint density at radius 3 is 2.41 bits per heavy atom. The molecule has 3 aromatic carbocycles. The summed E-state index contributed by atoms with van der Waals surface area (Å²) >= 11 is 0. The van der Waals surface area contributed by atoms with Gasteiger partial charge in [0.2, 0.25) is 0 Å². The van der Waals surface area contributed by atoms with Crippen LogP contribution in [0.5, 0.6) is 0 Å². The first-order valence-electron chi connectivity index (χ1n) is 9.73. The van der Waals surface area contributed by atoms with Crippen molar-refractivity contribution in [3.8, 4) is 0 Å². The lowest BCUT2D eigenvalue weighted by Crippen LogP contribution is -2.58. The van der Waals surface area contributed by atoms with Gasteiger partial charge in [-0.05, 0) is 23.3 Å². The zero-order chi connectivity index (χ0) is 20.6. The van der Waals surface area contributed by atoms with Crippen LogP contribution >= 0.6 is 0 Å². The lowest BCUT2D eigenvalue weighted by molar-refractivity contribution is -0.474. The molecule has 1 aliphatic rings. The number of carbonyl (C=O) groups is 1. The summed E-state index contributed by atoms with van der Waals surface area (Å²) in [6.07, 6.45) is 1.98. The summed E-state index contributed by atoms with van der Waals surface area (Å²) < 4.78 is 23.8. The second-order valence-electron chi connectivity index (χ2n) is 8.04. The third-order valence-electron chi connectivity index (χ3n) is 5.58. The molecule has 6 heteroatoms. The highest BCUT2D eigenvalue weighted by Gasteiger charge is 2.60. The molecule has 0 aromatic heterocycles. The number of nitrogens with zero attached hydrogens (tertiary/aromatic N) is 2. The Labute approximate surface area is 170 Å². The van der Waals surface area contributed by atoms with Gasteiger partial charge < -0.3 is 13.5 Å². The van der Waals surface area contributed by atoms with Gasteiger partial charge >= 0.3 is 12.7 Å². The van der Waals surface area contributed by atoms with Crippen LogP contribution in [0.25, 0.3) is 10.8 Å². The molecule has 2 atom stereocenters. The Kier molecular flexibility index (Phi) is 4.65. The van der Waals surface area contributed by atoms with E-state index in [0.717, 1.165) is 16.3 Å². The molecular weight excluding hydrogens is 366 g/mol. The van der Waals surface area contributed by atoms with E-state index < -0.39 is 18.3 Å². The van der Waals surface area contributed by atoms with Gasteiger partial charge in [-0.2, -0.15) is 0 Å². The maximum Gasteiger partial charge on any atom is 0.568 e. The van der Waals surface area contributed by atoms with Crippen molar-refractivity contribution in [2.24, 2.45) is 0 Å². The summed E-state index contributed by atoms with van der Waals surface area (Å²) in [5.74, 6) is -0.560. The lowest BCUT2D eigenvalue weighted by atomic mass is 9.64. The second kappa shape index (κ2) is 7.03. The molecule has 0 spiro atoms. The van der Waals surface area contributed by atoms with Gasteiger partial charge in [0.05, 0.1) is 14.1 Å². The molecule has 0 bridgehead atoms. The van der Waals surface area contributed by atoms with Crippen LogP contribution in [0.1, 0.15) is 12.5 Å². The number of hydrogen-bond acceptors (Lipinski definition) is 2. The van der Waals surface area contributed by atoms with Crippen LogP contribution in [0.3, 0.4) is 0 Å². The van der Waals surface area contributed by atoms with Crippen molar-refractivity contribution in [3.05, 3.63) is 78.4 Å². The highest BCUT2D eigenvalue weighted by Crippen LogP contribution is 2.34. The zero-order valence-corrected chi connectivity index (χ0v) is 16.9. The average Bonchev–Trinajstić information content (AvgIpc) is 2.89. The minimum Gasteiger partial charge on any atom is -0.619 e. The van der Waals surface area contributed by atoms with Crippen LogP contribution in [0, 0.1) is 0 Å². The van der Waals surface area contributed by atoms with E-state index in [-0.39, 0.29) is 0 Å². The van der Waals surface area contributed by atoms with Crippen molar-refractivity contribution in [2.75, 3.05) is 14.1 Å². The lowest BCUT2D eigenvalue weighted by Gasteiger charge is -2.32. The fraction of sp³-hybridized carbons (Fsp3) is 0.217. The first kappa shape index (κ1) is 19.2. The van der Waals surface area contributed by atoms with Gasteiger partial charge in [0.15, 0.2) is 11.9 Å². The average molecular weight is 390 g/mol. The molecule has 0 aliphatic carbocycles. The Morgan fingerprint density at radius 2 is 1.69 bits per heavy atom. The molecule has 0 N–H and O–H groups in total. The topological polar surface area (TPSA) is 32.5 Å². The molecule has 4 rings (SSSR count). The summed E-state index contributed by atoms with van der Waals surface area (Å²) in [7, 11) is 3.62. The summed E-state index contributed by atoms with van der Waals surface area (Å²) in [4.78, 5) is 14.8. The quantitative estimate of drug-likeness (QED) is 0.507. The number of carbonyl (C=O) groups excluding carboxylic acids is 1. The summed E-state index contributed by atoms with van der Waals surface area (Å²) in [6, 6.07) is 22.6. The van der Waals surface area contributed by atoms with Crippen LogP contribution in [-0.4, -0.2) is 48.1 Å². The van der Waals surface area contributed by atoms with Gasteiger partial charge in [0.1, 0.15) is 0 Å². The molecule has 1 saturated heterocycles. The van der Waals surface area contributed by atoms with E-state index in [0.29, 0.717) is 11.9 Å². The van der Waals surface area contributed by atoms with E-state index in [1.54, 1.807) is 30.3 Å². The van der Waals surface area contributed by atoms with Crippen molar-refractivity contribution in [1.82, 2.24) is 4.90 Å². The summed E-state index contributed by atoms with van der Waals surface area (Å²) in [5.41, 5.74) is 0.158. The highest BCUT2D eigenvalue weighted by molar-refractivity contribution is 6.78. The minimum absolute atomic E-state index is 0.342. The number of rotatable bonds is 4. The van der Waals surface area contributed by atoms with Crippen LogP contribution < -0.4 is 5.46 Å². The summed E-state index contributed by atoms with van der Waals surface area (Å²) in [5, 5.41) is 1.65. The van der Waals surface area contributed by atoms with Gasteiger partial charge in [-0.15, -0.1) is 0 Å². The van der Waals surface area contributed by atoms with Crippen molar-refractivity contribution in [1.29, 1.82) is 0 Å². The Bertz CT molecular complexity index is 1100. The minimum atomic E-state index is -3.25. The third kappa shape index (κ3) is 3.18. The first-order chi connectivity index (χ1) is 13.8. The molecule has 1 heterocycles. The monoisotopic (exact) mass is 390 g/mol. The fourth-order valence-corrected chi connectivity index (χ4v) is 4.19. The maximum atomic E-state index is 16.7. The van der Waals surface area contributed by atoms with Crippen molar-refractivity contribution < 1.29 is 18.3 Å². The predicted octanol–water partition coefficient (Wildman–Crippen LogP) is 3.12. The zero-order valence-electron chi connectivity index (χ0n) is 16.9. The largest absolute Gasteiger partial charge is 0.619 e. The van der Waals surface area contributed by atoms with Crippen LogP contribution in [-0.2, 0) is 15.9 Å². The molecule has 0 saturated carbocycles. The molecule has 0 radical (unpaired) electrons. The van der Waals surface area contributed by atoms with Crippen molar-refractivity contribution >= 4 is 35.3 Å².